The standard InChI is InChI=1S/C15H13FO2.C8H11N/c1-10(15(17)18)12-7-8-13(14(16)9-12)11-5-3-2-4-6-11;1-7(9)8-5-3-2-4-6-8/h2-10H,1H3,(H,17,18);2-7H,9H2,1H3/t10-;7-/m10/s1. The van der Waals surface area contributed by atoms with Crippen molar-refractivity contribution in [1.29, 1.82) is 0 Å². The summed E-state index contributed by atoms with van der Waals surface area (Å²) in [4.78, 5) is 10.8. The minimum atomic E-state index is -0.957. The summed E-state index contributed by atoms with van der Waals surface area (Å²) in [5, 5.41) is 8.89. The molecule has 140 valence electrons. The Labute approximate surface area is 159 Å². The number of hydrogen-bond acceptors (Lipinski definition) is 2. The van der Waals surface area contributed by atoms with Gasteiger partial charge in [0.05, 0.1) is 5.92 Å². The zero-order chi connectivity index (χ0) is 19.8. The first-order valence-corrected chi connectivity index (χ1v) is 8.78. The van der Waals surface area contributed by atoms with Crippen LogP contribution in [0.15, 0.2) is 78.9 Å². The van der Waals surface area contributed by atoms with E-state index in [9.17, 15) is 9.18 Å². The average Bonchev–Trinajstić information content (AvgIpc) is 2.69. The molecular weight excluding hydrogens is 341 g/mol. The lowest BCUT2D eigenvalue weighted by Crippen LogP contribution is -2.07. The number of carboxylic acid groups (broad SMARTS) is 1. The van der Waals surface area contributed by atoms with Crippen molar-refractivity contribution < 1.29 is 14.3 Å². The van der Waals surface area contributed by atoms with E-state index in [2.05, 4.69) is 0 Å². The lowest BCUT2D eigenvalue weighted by molar-refractivity contribution is -0.138. The summed E-state index contributed by atoms with van der Waals surface area (Å²) in [5.41, 5.74) is 8.54. The Morgan fingerprint density at radius 3 is 1.89 bits per heavy atom. The van der Waals surface area contributed by atoms with Crippen LogP contribution in [0.25, 0.3) is 11.1 Å². The fourth-order valence-corrected chi connectivity index (χ4v) is 2.55. The van der Waals surface area contributed by atoms with Crippen LogP contribution < -0.4 is 5.73 Å². The lowest BCUT2D eigenvalue weighted by atomic mass is 9.97. The second kappa shape index (κ2) is 9.64. The van der Waals surface area contributed by atoms with Crippen molar-refractivity contribution in [2.24, 2.45) is 5.73 Å². The maximum absolute atomic E-state index is 14.0. The Morgan fingerprint density at radius 2 is 1.44 bits per heavy atom. The molecule has 0 amide bonds. The van der Waals surface area contributed by atoms with E-state index < -0.39 is 17.7 Å². The van der Waals surface area contributed by atoms with Gasteiger partial charge in [0, 0.05) is 11.6 Å². The van der Waals surface area contributed by atoms with Crippen molar-refractivity contribution in [2.75, 3.05) is 0 Å². The second-order valence-electron chi connectivity index (χ2n) is 6.36. The maximum atomic E-state index is 14.0. The van der Waals surface area contributed by atoms with E-state index in [1.807, 2.05) is 67.6 Å². The number of halogens is 1. The molecule has 3 rings (SSSR count). The number of benzene rings is 3. The highest BCUT2D eigenvalue weighted by Gasteiger charge is 2.15. The van der Waals surface area contributed by atoms with Gasteiger partial charge in [-0.3, -0.25) is 4.79 Å². The van der Waals surface area contributed by atoms with Gasteiger partial charge in [-0.2, -0.15) is 0 Å². The van der Waals surface area contributed by atoms with Crippen molar-refractivity contribution in [3.8, 4) is 11.1 Å². The van der Waals surface area contributed by atoms with Gasteiger partial charge >= 0.3 is 5.97 Å². The molecule has 0 bridgehead atoms. The van der Waals surface area contributed by atoms with E-state index in [-0.39, 0.29) is 6.04 Å². The summed E-state index contributed by atoms with van der Waals surface area (Å²) in [6.45, 7) is 3.52. The van der Waals surface area contributed by atoms with E-state index in [1.54, 1.807) is 19.1 Å². The van der Waals surface area contributed by atoms with Crippen molar-refractivity contribution in [2.45, 2.75) is 25.8 Å². The Hall–Kier alpha value is -2.98. The van der Waals surface area contributed by atoms with Crippen LogP contribution in [0.4, 0.5) is 4.39 Å². The molecule has 0 aliphatic heterocycles. The number of aliphatic carboxylic acids is 1. The summed E-state index contributed by atoms with van der Waals surface area (Å²) >= 11 is 0. The molecule has 0 spiro atoms. The van der Waals surface area contributed by atoms with Gasteiger partial charge in [0.15, 0.2) is 0 Å². The Kier molecular flexibility index (Phi) is 7.26. The van der Waals surface area contributed by atoms with Gasteiger partial charge in [0.2, 0.25) is 0 Å². The highest BCUT2D eigenvalue weighted by Crippen LogP contribution is 2.26. The predicted molar refractivity (Wildman–Crippen MR) is 107 cm³/mol. The molecule has 3 N–H and O–H groups in total. The minimum Gasteiger partial charge on any atom is -0.481 e. The van der Waals surface area contributed by atoms with Crippen LogP contribution in [0.2, 0.25) is 0 Å². The predicted octanol–water partition coefficient (Wildman–Crippen LogP) is 5.39. The van der Waals surface area contributed by atoms with Crippen LogP contribution >= 0.6 is 0 Å². The molecule has 0 unspecified atom stereocenters. The molecule has 0 fully saturated rings. The van der Waals surface area contributed by atoms with Gasteiger partial charge in [-0.25, -0.2) is 4.39 Å². The molecular formula is C23H24FNO2. The summed E-state index contributed by atoms with van der Waals surface area (Å²) in [6, 6.07) is 24.0. The molecule has 0 saturated carbocycles. The molecule has 4 heteroatoms. The average molecular weight is 365 g/mol. The fourth-order valence-electron chi connectivity index (χ4n) is 2.55. The molecule has 3 nitrogen and oxygen atoms in total. The summed E-state index contributed by atoms with van der Waals surface area (Å²) in [7, 11) is 0. The van der Waals surface area contributed by atoms with Gasteiger partial charge in [0.1, 0.15) is 5.82 Å². The van der Waals surface area contributed by atoms with Gasteiger partial charge in [-0.05, 0) is 36.6 Å². The summed E-state index contributed by atoms with van der Waals surface area (Å²) in [5.74, 6) is -2.06. The Morgan fingerprint density at radius 1 is 0.889 bits per heavy atom. The fraction of sp³-hybridized carbons (Fsp3) is 0.174. The molecule has 2 atom stereocenters. The summed E-state index contributed by atoms with van der Waals surface area (Å²) in [6.07, 6.45) is 0. The monoisotopic (exact) mass is 365 g/mol. The molecule has 3 aromatic carbocycles. The number of nitrogens with two attached hydrogens (primary N) is 1. The smallest absolute Gasteiger partial charge is 0.310 e. The lowest BCUT2D eigenvalue weighted by Gasteiger charge is -2.09. The van der Waals surface area contributed by atoms with Crippen molar-refractivity contribution >= 4 is 5.97 Å². The molecule has 0 aromatic heterocycles. The van der Waals surface area contributed by atoms with Crippen molar-refractivity contribution in [3.05, 3.63) is 95.8 Å². The third-order valence-electron chi connectivity index (χ3n) is 4.27. The van der Waals surface area contributed by atoms with Crippen molar-refractivity contribution in [3.63, 3.8) is 0 Å². The molecule has 3 aromatic rings. The van der Waals surface area contributed by atoms with E-state index in [1.165, 1.54) is 11.6 Å². The second-order valence-corrected chi connectivity index (χ2v) is 6.36. The Balaban J connectivity index is 0.000000244. The first-order valence-electron chi connectivity index (χ1n) is 8.78. The van der Waals surface area contributed by atoms with E-state index in [0.29, 0.717) is 11.1 Å². The molecule has 27 heavy (non-hydrogen) atoms. The molecule has 0 heterocycles. The Bertz CT molecular complexity index is 864. The quantitative estimate of drug-likeness (QED) is 0.652. The zero-order valence-electron chi connectivity index (χ0n) is 15.5. The van der Waals surface area contributed by atoms with Crippen LogP contribution in [0.3, 0.4) is 0 Å². The third kappa shape index (κ3) is 5.76. The molecule has 0 saturated heterocycles. The first-order chi connectivity index (χ1) is 12.9. The largest absolute Gasteiger partial charge is 0.481 e. The van der Waals surface area contributed by atoms with Crippen LogP contribution in [-0.2, 0) is 4.79 Å². The van der Waals surface area contributed by atoms with Gasteiger partial charge in [0.25, 0.3) is 0 Å². The van der Waals surface area contributed by atoms with Gasteiger partial charge in [-0.1, -0.05) is 72.8 Å². The van der Waals surface area contributed by atoms with Crippen molar-refractivity contribution in [1.82, 2.24) is 0 Å². The highest BCUT2D eigenvalue weighted by atomic mass is 19.1. The SMILES string of the molecule is C[C@@H](C(=O)O)c1ccc(-c2ccccc2)c(F)c1.C[C@H](N)c1ccccc1. The van der Waals surface area contributed by atoms with Crippen LogP contribution in [0, 0.1) is 5.82 Å². The number of carbonyl (C=O) groups is 1. The van der Waals surface area contributed by atoms with E-state index in [4.69, 9.17) is 10.8 Å². The van der Waals surface area contributed by atoms with Gasteiger partial charge in [-0.15, -0.1) is 0 Å². The third-order valence-corrected chi connectivity index (χ3v) is 4.27. The number of carboxylic acids is 1. The summed E-state index contributed by atoms with van der Waals surface area (Å²) < 4.78 is 14.0. The van der Waals surface area contributed by atoms with Crippen LogP contribution in [0.5, 0.6) is 0 Å². The molecule has 0 aliphatic carbocycles. The number of hydrogen-bond donors (Lipinski definition) is 2. The van der Waals surface area contributed by atoms with E-state index in [0.717, 1.165) is 5.56 Å². The van der Waals surface area contributed by atoms with Gasteiger partial charge < -0.3 is 10.8 Å². The first kappa shape index (κ1) is 20.3. The molecule has 0 radical (unpaired) electrons. The number of rotatable bonds is 4. The maximum Gasteiger partial charge on any atom is 0.310 e. The van der Waals surface area contributed by atoms with Crippen LogP contribution in [-0.4, -0.2) is 11.1 Å². The van der Waals surface area contributed by atoms with E-state index >= 15 is 0 Å². The highest BCUT2D eigenvalue weighted by molar-refractivity contribution is 5.76. The molecule has 0 aliphatic rings. The normalized spacial score (nSPS) is 12.4. The van der Waals surface area contributed by atoms with Crippen LogP contribution in [0.1, 0.15) is 36.9 Å². The zero-order valence-corrected chi connectivity index (χ0v) is 15.5. The topological polar surface area (TPSA) is 63.3 Å². The minimum absolute atomic E-state index is 0.159.